The van der Waals surface area contributed by atoms with Crippen molar-refractivity contribution in [2.24, 2.45) is 0 Å². The summed E-state index contributed by atoms with van der Waals surface area (Å²) in [4.78, 5) is 22.0. The highest BCUT2D eigenvalue weighted by Gasteiger charge is 2.34. The van der Waals surface area contributed by atoms with Crippen LogP contribution in [0.4, 0.5) is 5.69 Å². The molecule has 29 heavy (non-hydrogen) atoms. The van der Waals surface area contributed by atoms with E-state index in [9.17, 15) is 19.5 Å². The molecule has 0 saturated heterocycles. The normalized spacial score (nSPS) is 16.3. The van der Waals surface area contributed by atoms with Gasteiger partial charge in [0.25, 0.3) is 5.69 Å². The summed E-state index contributed by atoms with van der Waals surface area (Å²) in [5.74, 6) is 0.289. The molecule has 0 radical (unpaired) electrons. The molecule has 1 N–H and O–H groups in total. The molecule has 1 fully saturated rings. The zero-order chi connectivity index (χ0) is 21.0. The highest BCUT2D eigenvalue weighted by atomic mass is 31.2. The summed E-state index contributed by atoms with van der Waals surface area (Å²) in [6.07, 6.45) is 2.31. The van der Waals surface area contributed by atoms with Crippen LogP contribution in [-0.4, -0.2) is 24.0 Å². The van der Waals surface area contributed by atoms with Gasteiger partial charge in [0, 0.05) is 12.1 Å². The second-order valence-corrected chi connectivity index (χ2v) is 8.27. The number of benzene rings is 2. The highest BCUT2D eigenvalue weighted by molar-refractivity contribution is 7.52. The van der Waals surface area contributed by atoms with E-state index in [1.807, 2.05) is 12.1 Å². The van der Waals surface area contributed by atoms with Crippen LogP contribution >= 0.6 is 7.75 Å². The maximum Gasteiger partial charge on any atom is 0.513 e. The van der Waals surface area contributed by atoms with Crippen LogP contribution in [0.15, 0.2) is 48.5 Å². The number of hydrogen-bond acceptors (Lipinski definition) is 7. The van der Waals surface area contributed by atoms with Crippen molar-refractivity contribution in [2.45, 2.75) is 31.7 Å². The Morgan fingerprint density at radius 3 is 2.07 bits per heavy atom. The summed E-state index contributed by atoms with van der Waals surface area (Å²) in [5.41, 5.74) is 1.04. The number of rotatable bonds is 9. The Bertz CT molecular complexity index is 927. The van der Waals surface area contributed by atoms with Crippen molar-refractivity contribution in [1.82, 2.24) is 5.09 Å². The van der Waals surface area contributed by atoms with Crippen LogP contribution in [0.3, 0.4) is 0 Å². The van der Waals surface area contributed by atoms with Crippen LogP contribution in [0.1, 0.15) is 31.2 Å². The molecule has 0 spiro atoms. The predicted octanol–water partition coefficient (Wildman–Crippen LogP) is 4.19. The van der Waals surface area contributed by atoms with E-state index in [1.165, 1.54) is 43.9 Å². The third-order valence-corrected chi connectivity index (χ3v) is 5.94. The summed E-state index contributed by atoms with van der Waals surface area (Å²) in [5, 5.41) is 13.3. The molecule has 0 heterocycles. The van der Waals surface area contributed by atoms with Crippen molar-refractivity contribution in [3.05, 3.63) is 64.2 Å². The quantitative estimate of drug-likeness (QED) is 0.278. The van der Waals surface area contributed by atoms with Crippen LogP contribution < -0.4 is 14.1 Å². The first-order chi connectivity index (χ1) is 13.8. The van der Waals surface area contributed by atoms with Gasteiger partial charge in [0.1, 0.15) is 17.5 Å². The first-order valence-corrected chi connectivity index (χ1v) is 10.5. The third-order valence-electron chi connectivity index (χ3n) is 4.33. The SMILES string of the molecule is COC(=O)[C@H](C)NP(=O)(Oc1ccc(C2CC2)cc1)Oc1ccc([N+](=O)[O-])cc1. The van der Waals surface area contributed by atoms with E-state index in [-0.39, 0.29) is 11.4 Å². The molecule has 1 aliphatic rings. The minimum absolute atomic E-state index is 0.0816. The van der Waals surface area contributed by atoms with Crippen LogP contribution in [0.5, 0.6) is 11.5 Å². The fraction of sp³-hybridized carbons (Fsp3) is 0.316. The van der Waals surface area contributed by atoms with E-state index in [0.717, 1.165) is 12.8 Å². The summed E-state index contributed by atoms with van der Waals surface area (Å²) in [7, 11) is -2.86. The first-order valence-electron chi connectivity index (χ1n) is 8.99. The van der Waals surface area contributed by atoms with E-state index >= 15 is 0 Å². The molecule has 0 aliphatic heterocycles. The molecule has 0 aromatic heterocycles. The van der Waals surface area contributed by atoms with Gasteiger partial charge in [-0.2, -0.15) is 5.09 Å². The number of nitrogens with zero attached hydrogens (tertiary/aromatic N) is 1. The lowest BCUT2D eigenvalue weighted by Gasteiger charge is -2.22. The maximum atomic E-state index is 13.3. The Hall–Kier alpha value is -2.90. The fourth-order valence-electron chi connectivity index (χ4n) is 2.66. The van der Waals surface area contributed by atoms with Crippen LogP contribution in [0.25, 0.3) is 0 Å². The zero-order valence-electron chi connectivity index (χ0n) is 15.9. The molecule has 0 amide bonds. The Morgan fingerprint density at radius 1 is 1.10 bits per heavy atom. The Morgan fingerprint density at radius 2 is 1.62 bits per heavy atom. The molecular formula is C19H21N2O7P. The fourth-order valence-corrected chi connectivity index (χ4v) is 4.18. The van der Waals surface area contributed by atoms with Crippen molar-refractivity contribution in [2.75, 3.05) is 7.11 Å². The number of carbonyl (C=O) groups excluding carboxylic acids is 1. The van der Waals surface area contributed by atoms with Gasteiger partial charge in [0.2, 0.25) is 0 Å². The van der Waals surface area contributed by atoms with Crippen LogP contribution in [0, 0.1) is 10.1 Å². The van der Waals surface area contributed by atoms with Crippen LogP contribution in [-0.2, 0) is 14.1 Å². The molecule has 1 unspecified atom stereocenters. The number of nitro groups is 1. The number of hydrogen-bond donors (Lipinski definition) is 1. The van der Waals surface area contributed by atoms with Gasteiger partial charge in [-0.3, -0.25) is 14.9 Å². The molecule has 2 aromatic rings. The second kappa shape index (κ2) is 8.63. The molecule has 1 aliphatic carbocycles. The number of esters is 1. The monoisotopic (exact) mass is 420 g/mol. The smallest absolute Gasteiger partial charge is 0.468 e. The van der Waals surface area contributed by atoms with E-state index in [4.69, 9.17) is 9.05 Å². The largest absolute Gasteiger partial charge is 0.513 e. The Labute approximate surface area is 167 Å². The molecule has 3 rings (SSSR count). The molecule has 2 aromatic carbocycles. The van der Waals surface area contributed by atoms with Crippen molar-refractivity contribution in [1.29, 1.82) is 0 Å². The highest BCUT2D eigenvalue weighted by Crippen LogP contribution is 2.46. The lowest BCUT2D eigenvalue weighted by molar-refractivity contribution is -0.384. The van der Waals surface area contributed by atoms with E-state index in [2.05, 4.69) is 9.82 Å². The number of carbonyl (C=O) groups is 1. The zero-order valence-corrected chi connectivity index (χ0v) is 16.8. The average molecular weight is 420 g/mol. The third kappa shape index (κ3) is 5.56. The Balaban J connectivity index is 1.80. The van der Waals surface area contributed by atoms with Crippen molar-refractivity contribution >= 4 is 19.4 Å². The van der Waals surface area contributed by atoms with Gasteiger partial charge in [0.15, 0.2) is 0 Å². The summed E-state index contributed by atoms with van der Waals surface area (Å²) < 4.78 is 29.0. The van der Waals surface area contributed by atoms with Crippen molar-refractivity contribution in [3.8, 4) is 11.5 Å². The number of methoxy groups -OCH3 is 1. The predicted molar refractivity (Wildman–Crippen MR) is 105 cm³/mol. The van der Waals surface area contributed by atoms with E-state index in [0.29, 0.717) is 11.7 Å². The van der Waals surface area contributed by atoms with Gasteiger partial charge in [0.05, 0.1) is 12.0 Å². The number of ether oxygens (including phenoxy) is 1. The molecule has 10 heteroatoms. The van der Waals surface area contributed by atoms with Gasteiger partial charge in [-0.15, -0.1) is 0 Å². The van der Waals surface area contributed by atoms with Crippen molar-refractivity contribution < 1.29 is 28.1 Å². The minimum Gasteiger partial charge on any atom is -0.468 e. The van der Waals surface area contributed by atoms with E-state index in [1.54, 1.807) is 12.1 Å². The molecule has 9 nitrogen and oxygen atoms in total. The van der Waals surface area contributed by atoms with Gasteiger partial charge in [-0.1, -0.05) is 12.1 Å². The average Bonchev–Trinajstić information content (AvgIpc) is 3.53. The van der Waals surface area contributed by atoms with Gasteiger partial charge < -0.3 is 13.8 Å². The standard InChI is InChI=1S/C19H21N2O7P/c1-13(19(22)26-2)20-29(25,28-18-11-7-16(8-12-18)21(23)24)27-17-9-5-15(6-10-17)14-3-4-14/h5-14H,3-4H2,1-2H3,(H,20,25)/t13-,29?/m0/s1. The molecular weight excluding hydrogens is 399 g/mol. The molecule has 0 bridgehead atoms. The second-order valence-electron chi connectivity index (χ2n) is 6.65. The number of nitrogens with one attached hydrogen (secondary N) is 1. The van der Waals surface area contributed by atoms with E-state index < -0.39 is 24.7 Å². The van der Waals surface area contributed by atoms with Crippen LogP contribution in [0.2, 0.25) is 0 Å². The lowest BCUT2D eigenvalue weighted by atomic mass is 10.1. The molecule has 1 saturated carbocycles. The number of non-ortho nitro benzene ring substituents is 1. The van der Waals surface area contributed by atoms with Gasteiger partial charge >= 0.3 is 13.7 Å². The molecule has 154 valence electrons. The van der Waals surface area contributed by atoms with Gasteiger partial charge in [-0.05, 0) is 55.5 Å². The first kappa shape index (κ1) is 20.8. The lowest BCUT2D eigenvalue weighted by Crippen LogP contribution is -2.35. The summed E-state index contributed by atoms with van der Waals surface area (Å²) >= 11 is 0. The summed E-state index contributed by atoms with van der Waals surface area (Å²) in [6, 6.07) is 11.2. The topological polar surface area (TPSA) is 117 Å². The molecule has 2 atom stereocenters. The minimum atomic E-state index is -4.07. The number of nitro benzene ring substituents is 1. The van der Waals surface area contributed by atoms with Gasteiger partial charge in [-0.25, -0.2) is 4.57 Å². The maximum absolute atomic E-state index is 13.3. The summed E-state index contributed by atoms with van der Waals surface area (Å²) in [6.45, 7) is 1.46. The Kier molecular flexibility index (Phi) is 6.20. The van der Waals surface area contributed by atoms with Crippen molar-refractivity contribution in [3.63, 3.8) is 0 Å².